The molecule has 0 bridgehead atoms. The first kappa shape index (κ1) is 39.6. The van der Waals surface area contributed by atoms with Crippen LogP contribution >= 0.6 is 0 Å². The number of hydrogen-bond donors (Lipinski definition) is 0. The predicted molar refractivity (Wildman–Crippen MR) is 159 cm³/mol. The number of amides is 1. The van der Waals surface area contributed by atoms with E-state index in [9.17, 15) is 4.79 Å². The number of halogens is 2. The molecule has 0 fully saturated rings. The largest absolute Gasteiger partial charge is 4.00 e. The molecule has 0 unspecified atom stereocenters. The Morgan fingerprint density at radius 2 is 1.13 bits per heavy atom. The second-order valence-electron chi connectivity index (χ2n) is 9.01. The van der Waals surface area contributed by atoms with Crippen LogP contribution in [0.3, 0.4) is 0 Å². The first-order chi connectivity index (χ1) is 17.7. The molecular weight excluding hydrogens is 617 g/mol. The van der Waals surface area contributed by atoms with Crippen LogP contribution in [0.2, 0.25) is 0 Å². The van der Waals surface area contributed by atoms with Gasteiger partial charge in [0.15, 0.2) is 0 Å². The van der Waals surface area contributed by atoms with E-state index in [1.165, 1.54) is 66.1 Å². The summed E-state index contributed by atoms with van der Waals surface area (Å²) in [6.07, 6.45) is 11.8. The maximum absolute atomic E-state index is 10.3. The van der Waals surface area contributed by atoms with Crippen molar-refractivity contribution >= 4 is 36.6 Å². The van der Waals surface area contributed by atoms with Crippen molar-refractivity contribution < 1.29 is 55.8 Å². The molecular formula is C33H41Cl2NOSiZr. The van der Waals surface area contributed by atoms with Gasteiger partial charge in [0.2, 0.25) is 0 Å². The van der Waals surface area contributed by atoms with Crippen LogP contribution in [0.1, 0.15) is 71.1 Å². The van der Waals surface area contributed by atoms with Crippen LogP contribution in [0.5, 0.6) is 0 Å². The molecule has 39 heavy (non-hydrogen) atoms. The first-order valence-electron chi connectivity index (χ1n) is 13.4. The number of benzene rings is 3. The second-order valence-corrected chi connectivity index (χ2v) is 10.4. The minimum atomic E-state index is -0.409. The van der Waals surface area contributed by atoms with Gasteiger partial charge in [0, 0.05) is 5.91 Å². The molecule has 4 rings (SSSR count). The zero-order chi connectivity index (χ0) is 25.7. The molecule has 2 radical (unpaired) electrons. The molecule has 0 saturated carbocycles. The van der Waals surface area contributed by atoms with Gasteiger partial charge in [-0.3, -0.25) is 0 Å². The van der Waals surface area contributed by atoms with Crippen molar-refractivity contribution in [3.63, 3.8) is 0 Å². The fourth-order valence-electron chi connectivity index (χ4n) is 3.88. The summed E-state index contributed by atoms with van der Waals surface area (Å²) in [7, 11) is 0.777. The topological polar surface area (TPSA) is 40.9 Å². The van der Waals surface area contributed by atoms with Crippen LogP contribution in [-0.4, -0.2) is 15.4 Å². The summed E-state index contributed by atoms with van der Waals surface area (Å²) in [5.74, 6) is -0.409. The van der Waals surface area contributed by atoms with E-state index in [-0.39, 0.29) is 51.0 Å². The Hall–Kier alpha value is -1.58. The van der Waals surface area contributed by atoms with Gasteiger partial charge in [-0.05, 0) is 12.8 Å². The van der Waals surface area contributed by atoms with E-state index in [0.717, 1.165) is 22.4 Å². The van der Waals surface area contributed by atoms with Crippen molar-refractivity contribution in [2.24, 2.45) is 0 Å². The van der Waals surface area contributed by atoms with E-state index in [4.69, 9.17) is 5.73 Å². The molecule has 206 valence electrons. The first-order valence-corrected chi connectivity index (χ1v) is 14.4. The number of fused-ring (bicyclic) bond motifs is 1. The Morgan fingerprint density at radius 1 is 0.667 bits per heavy atom. The molecule has 0 aliphatic heterocycles. The standard InChI is InChI=1S/C12H25NO.C12H10Si.C9H7.2ClH.Zr/c1-2-3-4-5-6-7-8-9-10-11-12(13)14;1-3-7-11(8-4-1)13-12-9-5-2-6-10-12;1-2-5-9-7-3-6-8(9)4-1;;;/h2-11H2,1H3,(H2,13,14);1-10H;1-7H;2*1H;/q;;-1;;;+4/p-3. The van der Waals surface area contributed by atoms with Crippen molar-refractivity contribution in [1.82, 2.24) is 0 Å². The maximum Gasteiger partial charge on any atom is 4.00 e. The van der Waals surface area contributed by atoms with Crippen molar-refractivity contribution in [2.75, 3.05) is 0 Å². The Bertz CT molecular complexity index is 1010. The summed E-state index contributed by atoms with van der Waals surface area (Å²) in [5.41, 5.74) is 6.73. The second kappa shape index (κ2) is 26.6. The Labute approximate surface area is 270 Å². The number of rotatable bonds is 12. The number of carbonyl (C=O) groups excluding carboxylic acids is 1. The van der Waals surface area contributed by atoms with Gasteiger partial charge in [0.1, 0.15) is 9.52 Å². The molecule has 0 aromatic heterocycles. The zero-order valence-corrected chi connectivity index (χ0v) is 28.0. The van der Waals surface area contributed by atoms with E-state index < -0.39 is 5.91 Å². The summed E-state index contributed by atoms with van der Waals surface area (Å²) in [6, 6.07) is 35.8. The van der Waals surface area contributed by atoms with Crippen LogP contribution in [-0.2, 0) is 31.0 Å². The summed E-state index contributed by atoms with van der Waals surface area (Å²) >= 11 is 0. The number of hydrogen-bond acceptors (Lipinski definition) is 1. The average Bonchev–Trinajstić information content (AvgIpc) is 3.39. The molecule has 4 aromatic carbocycles. The minimum absolute atomic E-state index is 0. The normalized spacial score (nSPS) is 9.36. The Morgan fingerprint density at radius 3 is 1.62 bits per heavy atom. The summed E-state index contributed by atoms with van der Waals surface area (Å²) < 4.78 is 0. The molecule has 0 aliphatic carbocycles. The van der Waals surface area contributed by atoms with Gasteiger partial charge >= 0.3 is 26.2 Å². The molecule has 0 heterocycles. The van der Waals surface area contributed by atoms with Gasteiger partial charge in [-0.2, -0.15) is 17.5 Å². The quantitative estimate of drug-likeness (QED) is 0.131. The Kier molecular flexibility index (Phi) is 27.0. The molecule has 0 atom stereocenters. The molecule has 0 spiro atoms. The molecule has 1 amide bonds. The van der Waals surface area contributed by atoms with Gasteiger partial charge in [0.05, 0.1) is 0 Å². The van der Waals surface area contributed by atoms with Crippen LogP contribution in [0, 0.1) is 0 Å². The fourth-order valence-corrected chi connectivity index (χ4v) is 4.93. The molecule has 2 nitrogen and oxygen atoms in total. The van der Waals surface area contributed by atoms with Crippen LogP contribution < -0.4 is 35.2 Å². The molecule has 4 aromatic rings. The van der Waals surface area contributed by atoms with Gasteiger partial charge < -0.3 is 35.3 Å². The van der Waals surface area contributed by atoms with Crippen LogP contribution in [0.25, 0.3) is 16.5 Å². The fraction of sp³-hybridized carbons (Fsp3) is 0.333. The summed E-state index contributed by atoms with van der Waals surface area (Å²) in [6.45, 7) is 2.23. The maximum atomic E-state index is 10.3. The van der Waals surface area contributed by atoms with E-state index >= 15 is 0 Å². The minimum Gasteiger partial charge on any atom is -1.00 e. The molecule has 0 aliphatic rings. The van der Waals surface area contributed by atoms with Gasteiger partial charge in [-0.15, -0.1) is 29.7 Å². The zero-order valence-electron chi connectivity index (χ0n) is 23.1. The number of nitrogens with one attached hydrogen (secondary N) is 1. The average molecular weight is 658 g/mol. The predicted octanol–water partition coefficient (Wildman–Crippen LogP) is 2.39. The third kappa shape index (κ3) is 20.0. The monoisotopic (exact) mass is 655 g/mol. The van der Waals surface area contributed by atoms with E-state index in [2.05, 4.69) is 110 Å². The van der Waals surface area contributed by atoms with Crippen molar-refractivity contribution in [3.05, 3.63) is 109 Å². The number of unbranched alkanes of at least 4 members (excludes halogenated alkanes) is 8. The Balaban J connectivity index is 0. The van der Waals surface area contributed by atoms with Crippen LogP contribution in [0.15, 0.2) is 103 Å². The van der Waals surface area contributed by atoms with Crippen LogP contribution in [0.4, 0.5) is 0 Å². The summed E-state index contributed by atoms with van der Waals surface area (Å²) in [5, 5.41) is 5.46. The van der Waals surface area contributed by atoms with Crippen molar-refractivity contribution in [2.45, 2.75) is 71.1 Å². The third-order valence-electron chi connectivity index (χ3n) is 5.89. The van der Waals surface area contributed by atoms with E-state index in [1.54, 1.807) is 0 Å². The molecule has 1 N–H and O–H groups in total. The number of carbonyl (C=O) groups is 1. The van der Waals surface area contributed by atoms with E-state index in [1.807, 2.05) is 0 Å². The smallest absolute Gasteiger partial charge is 1.00 e. The SMILES string of the molecule is CCCCCCCCCCCC([NH-])=O.[Cl-].[Cl-].[Zr+4].c1ccc([Si]c2ccccc2)cc1.c1ccc2[cH-]ccc2c1. The van der Waals surface area contributed by atoms with Gasteiger partial charge in [-0.1, -0.05) is 135 Å². The third-order valence-corrected chi connectivity index (χ3v) is 7.14. The van der Waals surface area contributed by atoms with Crippen molar-refractivity contribution in [3.8, 4) is 0 Å². The summed E-state index contributed by atoms with van der Waals surface area (Å²) in [4.78, 5) is 10.3. The van der Waals surface area contributed by atoms with Gasteiger partial charge in [0.25, 0.3) is 0 Å². The molecule has 6 heteroatoms. The van der Waals surface area contributed by atoms with Crippen molar-refractivity contribution in [1.29, 1.82) is 0 Å². The van der Waals surface area contributed by atoms with E-state index in [0.29, 0.717) is 6.42 Å². The van der Waals surface area contributed by atoms with Gasteiger partial charge in [-0.25, -0.2) is 0 Å². The molecule has 0 saturated heterocycles.